The zero-order valence-electron chi connectivity index (χ0n) is 42.4. The molecule has 2 aromatic heterocycles. The molecule has 0 aliphatic carbocycles. The molecular weight excluding hydrogens is 845 g/mol. The van der Waals surface area contributed by atoms with E-state index in [-0.39, 0.29) is 21.7 Å². The van der Waals surface area contributed by atoms with Crippen LogP contribution < -0.4 is 0 Å². The van der Waals surface area contributed by atoms with E-state index in [1.165, 1.54) is 163 Å². The van der Waals surface area contributed by atoms with Crippen molar-refractivity contribution in [3.63, 3.8) is 0 Å². The van der Waals surface area contributed by atoms with Gasteiger partial charge in [0.25, 0.3) is 0 Å². The standard InChI is InChI=1S/C68H56N2/c1-65(2,3)37-23-45-41-19-35(33-15-13-17-69-31-33)20-42-47-25-39(67(7,8)9)29-51-52-30-40(68(10,11)12)26-48-44-22-36(34-16-14-18-70-32-34)21-43-46-24-38(66(4,5)6)28-50-49(27-37)55(45)61-59(53(41)42)63(57(47)51)64(58(48)52)60(54(43)44)62(61)56(46)50/h13-32H,1-12H3. The summed E-state index contributed by atoms with van der Waals surface area (Å²) in [6, 6.07) is 39.4. The van der Waals surface area contributed by atoms with E-state index in [1.807, 2.05) is 24.8 Å². The summed E-state index contributed by atoms with van der Waals surface area (Å²) in [5.41, 5.74) is 9.79. The number of hydrogen-bond donors (Lipinski definition) is 0. The second kappa shape index (κ2) is 12.6. The predicted octanol–water partition coefficient (Wildman–Crippen LogP) is 19.5. The van der Waals surface area contributed by atoms with E-state index < -0.39 is 0 Å². The summed E-state index contributed by atoms with van der Waals surface area (Å²) in [5, 5.41) is 33.2. The average Bonchev–Trinajstić information content (AvgIpc) is 3.33. The lowest BCUT2D eigenvalue weighted by Crippen LogP contribution is -2.13. The molecule has 338 valence electrons. The smallest absolute Gasteiger partial charge is 0.0346 e. The molecule has 2 heteroatoms. The molecule has 0 N–H and O–H groups in total. The average molecular weight is 901 g/mol. The van der Waals surface area contributed by atoms with Gasteiger partial charge in [0.15, 0.2) is 0 Å². The molecule has 0 aliphatic rings. The van der Waals surface area contributed by atoms with Gasteiger partial charge in [-0.1, -0.05) is 95.2 Å². The van der Waals surface area contributed by atoms with Crippen LogP contribution in [0.4, 0.5) is 0 Å². The molecule has 13 aromatic carbocycles. The van der Waals surface area contributed by atoms with Gasteiger partial charge in [-0.3, -0.25) is 9.97 Å². The lowest BCUT2D eigenvalue weighted by Gasteiger charge is -2.32. The Labute approximate surface area is 408 Å². The first-order valence-corrected chi connectivity index (χ1v) is 25.4. The van der Waals surface area contributed by atoms with Crippen molar-refractivity contribution < 1.29 is 0 Å². The Morgan fingerprint density at radius 1 is 0.243 bits per heavy atom. The number of pyridine rings is 2. The van der Waals surface area contributed by atoms with Gasteiger partial charge < -0.3 is 0 Å². The van der Waals surface area contributed by atoms with Gasteiger partial charge in [-0.05, 0) is 269 Å². The summed E-state index contributed by atoms with van der Waals surface area (Å²) < 4.78 is 0. The molecule has 2 heterocycles. The van der Waals surface area contributed by atoms with Crippen LogP contribution in [0.3, 0.4) is 0 Å². The highest BCUT2D eigenvalue weighted by molar-refractivity contribution is 6.61. The number of fused-ring (bicyclic) bond motifs is 6. The number of aromatic nitrogens is 2. The Kier molecular flexibility index (Phi) is 7.32. The SMILES string of the molecule is CC(C)(C)c1cc2c3cc(-c4cccnc4)cc4c5cc(C(C)(C)C)cc6c7cc(C(C)(C)C)cc8c9cc(-c%10cccnc%10)cc%10c%11cc(C(C)(C)C)cc%12c(c1)c2c1c(c34)c(c56)c(c87)c(c%109)c1c%11%12. The Balaban J connectivity index is 1.37. The van der Waals surface area contributed by atoms with Crippen LogP contribution in [0.5, 0.6) is 0 Å². The molecule has 0 aliphatic heterocycles. The molecule has 15 rings (SSSR count). The van der Waals surface area contributed by atoms with Gasteiger partial charge in [-0.15, -0.1) is 0 Å². The van der Waals surface area contributed by atoms with Gasteiger partial charge in [0.1, 0.15) is 0 Å². The van der Waals surface area contributed by atoms with E-state index >= 15 is 0 Å². The maximum Gasteiger partial charge on any atom is 0.0346 e. The first-order chi connectivity index (χ1) is 33.3. The van der Waals surface area contributed by atoms with Crippen LogP contribution in [0.2, 0.25) is 0 Å². The monoisotopic (exact) mass is 900 g/mol. The molecule has 0 unspecified atom stereocenters. The van der Waals surface area contributed by atoms with Crippen LogP contribution in [0.15, 0.2) is 122 Å². The van der Waals surface area contributed by atoms with Crippen molar-refractivity contribution in [2.45, 2.75) is 105 Å². The summed E-state index contributed by atoms with van der Waals surface area (Å²) in [4.78, 5) is 9.40. The molecule has 0 bridgehead atoms. The Hall–Kier alpha value is -7.16. The fraction of sp³-hybridized carbons (Fsp3) is 0.235. The first kappa shape index (κ1) is 40.7. The van der Waals surface area contributed by atoms with Crippen LogP contribution >= 0.6 is 0 Å². The second-order valence-corrected chi connectivity index (χ2v) is 25.4. The van der Waals surface area contributed by atoms with Crippen molar-refractivity contribution in [3.05, 3.63) is 144 Å². The summed E-state index contributed by atoms with van der Waals surface area (Å²) in [5.74, 6) is 0. The summed E-state index contributed by atoms with van der Waals surface area (Å²) in [6.07, 6.45) is 7.89. The molecule has 0 amide bonds. The van der Waals surface area contributed by atoms with Gasteiger partial charge in [-0.2, -0.15) is 0 Å². The molecule has 0 atom stereocenters. The van der Waals surface area contributed by atoms with Crippen molar-refractivity contribution in [2.75, 3.05) is 0 Å². The van der Waals surface area contributed by atoms with Crippen molar-refractivity contribution in [3.8, 4) is 22.3 Å². The highest BCUT2D eigenvalue weighted by Crippen LogP contribution is 2.62. The van der Waals surface area contributed by atoms with Crippen LogP contribution in [-0.2, 0) is 21.7 Å². The molecule has 0 fully saturated rings. The van der Waals surface area contributed by atoms with Crippen LogP contribution in [0, 0.1) is 0 Å². The number of rotatable bonds is 2. The van der Waals surface area contributed by atoms with Crippen LogP contribution in [0.1, 0.15) is 105 Å². The quantitative estimate of drug-likeness (QED) is 0.128. The maximum atomic E-state index is 4.70. The third kappa shape index (κ3) is 5.00. The summed E-state index contributed by atoms with van der Waals surface area (Å²) in [6.45, 7) is 28.7. The lowest BCUT2D eigenvalue weighted by atomic mass is 9.70. The third-order valence-electron chi connectivity index (χ3n) is 17.0. The minimum Gasteiger partial charge on any atom is -0.264 e. The minimum absolute atomic E-state index is 0.0914. The minimum atomic E-state index is -0.0914. The molecule has 0 radical (unpaired) electrons. The van der Waals surface area contributed by atoms with E-state index in [1.54, 1.807) is 0 Å². The van der Waals surface area contributed by atoms with E-state index in [4.69, 9.17) is 9.97 Å². The zero-order chi connectivity index (χ0) is 48.0. The molecule has 70 heavy (non-hydrogen) atoms. The normalized spacial score (nSPS) is 14.0. The van der Waals surface area contributed by atoms with Crippen molar-refractivity contribution in [1.29, 1.82) is 0 Å². The Bertz CT molecular complexity index is 4130. The first-order valence-electron chi connectivity index (χ1n) is 25.4. The highest BCUT2D eigenvalue weighted by atomic mass is 14.6. The summed E-state index contributed by atoms with van der Waals surface area (Å²) >= 11 is 0. The largest absolute Gasteiger partial charge is 0.264 e. The Morgan fingerprint density at radius 2 is 0.443 bits per heavy atom. The topological polar surface area (TPSA) is 25.8 Å². The fourth-order valence-electron chi connectivity index (χ4n) is 13.4. The van der Waals surface area contributed by atoms with E-state index in [0.717, 1.165) is 11.1 Å². The van der Waals surface area contributed by atoms with Gasteiger partial charge >= 0.3 is 0 Å². The van der Waals surface area contributed by atoms with Gasteiger partial charge in [-0.25, -0.2) is 0 Å². The second-order valence-electron chi connectivity index (χ2n) is 25.4. The number of nitrogens with zero attached hydrogens (tertiary/aromatic N) is 2. The molecule has 0 saturated carbocycles. The molecule has 15 aromatic rings. The van der Waals surface area contributed by atoms with Crippen molar-refractivity contribution in [2.24, 2.45) is 0 Å². The van der Waals surface area contributed by atoms with Gasteiger partial charge in [0.05, 0.1) is 0 Å². The number of hydrogen-bond acceptors (Lipinski definition) is 2. The number of benzene rings is 13. The highest BCUT2D eigenvalue weighted by Gasteiger charge is 2.35. The fourth-order valence-corrected chi connectivity index (χ4v) is 13.4. The molecular formula is C68H56N2. The maximum absolute atomic E-state index is 4.70. The van der Waals surface area contributed by atoms with Crippen LogP contribution in [-0.4, -0.2) is 9.97 Å². The van der Waals surface area contributed by atoms with E-state index in [9.17, 15) is 0 Å². The third-order valence-corrected chi connectivity index (χ3v) is 17.0. The van der Waals surface area contributed by atoms with E-state index in [2.05, 4.69) is 180 Å². The van der Waals surface area contributed by atoms with Gasteiger partial charge in [0, 0.05) is 35.9 Å². The lowest BCUT2D eigenvalue weighted by molar-refractivity contribution is 0.591. The molecule has 0 saturated heterocycles. The van der Waals surface area contributed by atoms with E-state index in [0.29, 0.717) is 0 Å². The van der Waals surface area contributed by atoms with Crippen molar-refractivity contribution in [1.82, 2.24) is 9.97 Å². The summed E-state index contributed by atoms with van der Waals surface area (Å²) in [7, 11) is 0. The zero-order valence-corrected chi connectivity index (χ0v) is 42.4. The molecule has 0 spiro atoms. The van der Waals surface area contributed by atoms with Crippen LogP contribution in [0.25, 0.3) is 152 Å². The Morgan fingerprint density at radius 3 is 0.614 bits per heavy atom. The van der Waals surface area contributed by atoms with Crippen molar-refractivity contribution >= 4 is 129 Å². The van der Waals surface area contributed by atoms with Gasteiger partial charge in [0.2, 0.25) is 0 Å². The molecule has 2 nitrogen and oxygen atoms in total. The predicted molar refractivity (Wildman–Crippen MR) is 305 cm³/mol.